The first-order chi connectivity index (χ1) is 14.7. The molecule has 10 heteroatoms. The Balaban J connectivity index is 1.64. The topological polar surface area (TPSA) is 102 Å². The molecule has 0 unspecified atom stereocenters. The van der Waals surface area contributed by atoms with Gasteiger partial charge in [-0.05, 0) is 31.7 Å². The highest BCUT2D eigenvalue weighted by molar-refractivity contribution is 7.11. The van der Waals surface area contributed by atoms with Crippen molar-refractivity contribution in [2.24, 2.45) is 0 Å². The number of anilines is 1. The Kier molecular flexibility index (Phi) is 6.34. The van der Waals surface area contributed by atoms with Crippen molar-refractivity contribution in [1.82, 2.24) is 24.4 Å². The summed E-state index contributed by atoms with van der Waals surface area (Å²) in [5, 5.41) is 4.93. The Morgan fingerprint density at radius 3 is 2.80 bits per heavy atom. The fourth-order valence-electron chi connectivity index (χ4n) is 3.57. The maximum atomic E-state index is 12.8. The third-order valence-corrected chi connectivity index (χ3v) is 5.83. The second-order valence-electron chi connectivity index (χ2n) is 7.14. The number of rotatable bonds is 7. The monoisotopic (exact) mass is 428 g/mol. The highest BCUT2D eigenvalue weighted by atomic mass is 32.1. The first-order valence-corrected chi connectivity index (χ1v) is 10.9. The van der Waals surface area contributed by atoms with E-state index in [1.807, 2.05) is 9.47 Å². The van der Waals surface area contributed by atoms with Crippen LogP contribution in [0.15, 0.2) is 23.8 Å². The Morgan fingerprint density at radius 2 is 2.07 bits per heavy atom. The minimum Gasteiger partial charge on any atom is -0.385 e. The van der Waals surface area contributed by atoms with E-state index in [1.54, 1.807) is 30.9 Å². The fourth-order valence-corrected chi connectivity index (χ4v) is 4.10. The zero-order chi connectivity index (χ0) is 20.9. The number of thiazole rings is 1. The van der Waals surface area contributed by atoms with Gasteiger partial charge in [-0.15, -0.1) is 11.3 Å². The summed E-state index contributed by atoms with van der Waals surface area (Å²) in [6.07, 6.45) is 7.14. The molecule has 2 amide bonds. The molecule has 0 bridgehead atoms. The normalized spacial score (nSPS) is 14.2. The number of methoxy groups -OCH3 is 1. The van der Waals surface area contributed by atoms with E-state index in [0.717, 1.165) is 38.8 Å². The lowest BCUT2D eigenvalue weighted by Crippen LogP contribution is -2.35. The second-order valence-corrected chi connectivity index (χ2v) is 8.04. The first-order valence-electron chi connectivity index (χ1n) is 10.0. The van der Waals surface area contributed by atoms with Crippen molar-refractivity contribution in [2.45, 2.75) is 32.2 Å². The molecule has 4 rings (SSSR count). The maximum absolute atomic E-state index is 12.8. The number of fused-ring (bicyclic) bond motifs is 1. The number of hydrogen-bond donors (Lipinski definition) is 1. The van der Waals surface area contributed by atoms with Crippen LogP contribution in [0.2, 0.25) is 0 Å². The van der Waals surface area contributed by atoms with Gasteiger partial charge >= 0.3 is 0 Å². The number of aryl methyl sites for hydroxylation is 1. The highest BCUT2D eigenvalue weighted by Crippen LogP contribution is 2.22. The molecular weight excluding hydrogens is 404 g/mol. The van der Waals surface area contributed by atoms with Crippen LogP contribution in [0.1, 0.15) is 45.8 Å². The number of hydrogen-bond acceptors (Lipinski definition) is 7. The number of aromatic nitrogens is 4. The van der Waals surface area contributed by atoms with Crippen LogP contribution in [0.5, 0.6) is 0 Å². The summed E-state index contributed by atoms with van der Waals surface area (Å²) >= 11 is 1.26. The van der Waals surface area contributed by atoms with E-state index in [4.69, 9.17) is 4.74 Å². The van der Waals surface area contributed by atoms with Crippen molar-refractivity contribution < 1.29 is 14.3 Å². The number of nitrogens with zero attached hydrogens (tertiary/aromatic N) is 5. The predicted octanol–water partition coefficient (Wildman–Crippen LogP) is 2.80. The standard InChI is InChI=1S/C20H24N6O3S/c1-29-10-5-9-26-16-15(23-20(26)24-17(27)18-21-6-11-30-18)12-14(13-22-16)19(28)25-7-3-2-4-8-25/h6,11-13H,2-5,7-10H2,1H3,(H,23,24,27). The third-order valence-electron chi connectivity index (χ3n) is 5.06. The van der Waals surface area contributed by atoms with Crippen LogP contribution in [-0.2, 0) is 11.3 Å². The number of likely N-dealkylation sites (tertiary alicyclic amines) is 1. The first kappa shape index (κ1) is 20.4. The number of piperidine rings is 1. The molecule has 0 radical (unpaired) electrons. The van der Waals surface area contributed by atoms with Crippen LogP contribution in [0.4, 0.5) is 5.95 Å². The lowest BCUT2D eigenvalue weighted by Gasteiger charge is -2.26. The number of nitrogens with one attached hydrogen (secondary N) is 1. The largest absolute Gasteiger partial charge is 0.385 e. The van der Waals surface area contributed by atoms with E-state index in [9.17, 15) is 9.59 Å². The number of carbonyl (C=O) groups excluding carboxylic acids is 2. The molecule has 3 aromatic heterocycles. The molecule has 4 heterocycles. The molecule has 9 nitrogen and oxygen atoms in total. The van der Waals surface area contributed by atoms with E-state index in [-0.39, 0.29) is 11.8 Å². The molecule has 0 aromatic carbocycles. The van der Waals surface area contributed by atoms with Crippen LogP contribution in [0.3, 0.4) is 0 Å². The molecule has 0 saturated carbocycles. The average molecular weight is 429 g/mol. The lowest BCUT2D eigenvalue weighted by atomic mass is 10.1. The highest BCUT2D eigenvalue weighted by Gasteiger charge is 2.21. The van der Waals surface area contributed by atoms with E-state index in [1.165, 1.54) is 11.3 Å². The van der Waals surface area contributed by atoms with Crippen LogP contribution < -0.4 is 5.32 Å². The van der Waals surface area contributed by atoms with Crippen LogP contribution in [-0.4, -0.2) is 63.0 Å². The Morgan fingerprint density at radius 1 is 1.23 bits per heavy atom. The van der Waals surface area contributed by atoms with Gasteiger partial charge in [0.15, 0.2) is 10.7 Å². The molecular formula is C20H24N6O3S. The molecule has 0 atom stereocenters. The molecule has 1 N–H and O–H groups in total. The SMILES string of the molecule is COCCCn1c(NC(=O)c2nccs2)nc2cc(C(=O)N3CCCCC3)cnc21. The molecule has 1 fully saturated rings. The molecule has 0 aliphatic carbocycles. The van der Waals surface area contributed by atoms with Crippen molar-refractivity contribution in [2.75, 3.05) is 32.1 Å². The smallest absolute Gasteiger partial charge is 0.286 e. The number of carbonyl (C=O) groups is 2. The molecule has 158 valence electrons. The molecule has 3 aromatic rings. The summed E-state index contributed by atoms with van der Waals surface area (Å²) in [7, 11) is 1.65. The summed E-state index contributed by atoms with van der Waals surface area (Å²) < 4.78 is 6.99. The molecule has 1 aliphatic heterocycles. The van der Waals surface area contributed by atoms with Gasteiger partial charge in [0.05, 0.1) is 5.56 Å². The lowest BCUT2D eigenvalue weighted by molar-refractivity contribution is 0.0724. The number of imidazole rings is 1. The zero-order valence-corrected chi connectivity index (χ0v) is 17.7. The number of amides is 2. The van der Waals surface area contributed by atoms with E-state index < -0.39 is 0 Å². The van der Waals surface area contributed by atoms with Gasteiger partial charge in [-0.25, -0.2) is 15.0 Å². The minimum absolute atomic E-state index is 0.0218. The van der Waals surface area contributed by atoms with Gasteiger partial charge in [0.25, 0.3) is 11.8 Å². The van der Waals surface area contributed by atoms with Crippen molar-refractivity contribution in [1.29, 1.82) is 0 Å². The van der Waals surface area contributed by atoms with Gasteiger partial charge in [-0.3, -0.25) is 19.5 Å². The van der Waals surface area contributed by atoms with Gasteiger partial charge in [0.1, 0.15) is 5.52 Å². The maximum Gasteiger partial charge on any atom is 0.286 e. The third kappa shape index (κ3) is 4.34. The summed E-state index contributed by atoms with van der Waals surface area (Å²) in [6, 6.07) is 1.76. The molecule has 30 heavy (non-hydrogen) atoms. The van der Waals surface area contributed by atoms with Gasteiger partial charge in [0, 0.05) is 51.1 Å². The summed E-state index contributed by atoms with van der Waals surface area (Å²) in [5.74, 6) is 0.0423. The van der Waals surface area contributed by atoms with Crippen molar-refractivity contribution in [3.8, 4) is 0 Å². The van der Waals surface area contributed by atoms with Crippen molar-refractivity contribution in [3.63, 3.8) is 0 Å². The van der Waals surface area contributed by atoms with Gasteiger partial charge < -0.3 is 9.64 Å². The van der Waals surface area contributed by atoms with Crippen LogP contribution in [0.25, 0.3) is 11.2 Å². The van der Waals surface area contributed by atoms with Gasteiger partial charge in [-0.1, -0.05) is 0 Å². The summed E-state index contributed by atoms with van der Waals surface area (Å²) in [4.78, 5) is 40.3. The number of ether oxygens (including phenoxy) is 1. The predicted molar refractivity (Wildman–Crippen MR) is 114 cm³/mol. The van der Waals surface area contributed by atoms with Crippen molar-refractivity contribution in [3.05, 3.63) is 34.4 Å². The van der Waals surface area contributed by atoms with Gasteiger partial charge in [0.2, 0.25) is 5.95 Å². The molecule has 1 aliphatic rings. The Hall–Kier alpha value is -2.85. The van der Waals surface area contributed by atoms with Crippen LogP contribution >= 0.6 is 11.3 Å². The molecule has 1 saturated heterocycles. The molecule has 0 spiro atoms. The van der Waals surface area contributed by atoms with Crippen molar-refractivity contribution >= 4 is 40.3 Å². The van der Waals surface area contributed by atoms with E-state index in [2.05, 4.69) is 20.3 Å². The summed E-state index contributed by atoms with van der Waals surface area (Å²) in [6.45, 7) is 2.70. The second kappa shape index (κ2) is 9.31. The van der Waals surface area contributed by atoms with Crippen LogP contribution in [0, 0.1) is 0 Å². The number of pyridine rings is 1. The minimum atomic E-state index is -0.321. The zero-order valence-electron chi connectivity index (χ0n) is 16.8. The van der Waals surface area contributed by atoms with Gasteiger partial charge in [-0.2, -0.15) is 0 Å². The Bertz CT molecular complexity index is 1030. The quantitative estimate of drug-likeness (QED) is 0.581. The van der Waals surface area contributed by atoms with E-state index >= 15 is 0 Å². The fraction of sp³-hybridized carbons (Fsp3) is 0.450. The Labute approximate surface area is 178 Å². The van der Waals surface area contributed by atoms with E-state index in [0.29, 0.717) is 40.8 Å². The average Bonchev–Trinajstić information content (AvgIpc) is 3.42. The summed E-state index contributed by atoms with van der Waals surface area (Å²) in [5.41, 5.74) is 1.71.